The number of nitrogens with one attached hydrogen (secondary N) is 2. The summed E-state index contributed by atoms with van der Waals surface area (Å²) in [4.78, 5) is 23.4. The number of hydrogen-bond acceptors (Lipinski definition) is 5. The Morgan fingerprint density at radius 3 is 2.25 bits per heavy atom. The predicted octanol–water partition coefficient (Wildman–Crippen LogP) is 0.994. The summed E-state index contributed by atoms with van der Waals surface area (Å²) in [6.45, 7) is -0.153. The van der Waals surface area contributed by atoms with Gasteiger partial charge in [-0.25, -0.2) is 5.48 Å². The number of hydroxylamine groups is 1. The molecule has 0 saturated carbocycles. The largest absolute Gasteiger partial charge is 0.508 e. The number of aromatic hydroxyl groups is 1. The highest BCUT2D eigenvalue weighted by molar-refractivity contribution is 5.97. The Kier molecular flexibility index (Phi) is 8.78. The van der Waals surface area contributed by atoms with Crippen LogP contribution in [-0.2, 0) is 4.79 Å². The normalized spacial score (nSPS) is 10.1. The van der Waals surface area contributed by atoms with E-state index in [1.165, 1.54) is 11.5 Å². The van der Waals surface area contributed by atoms with Crippen LogP contribution in [0.5, 0.6) is 5.75 Å². The Bertz CT molecular complexity index is 947. The van der Waals surface area contributed by atoms with Gasteiger partial charge in [0.15, 0.2) is 0 Å². The first-order chi connectivity index (χ1) is 13.0. The molecule has 2 rings (SSSR count). The molecule has 0 spiro atoms. The van der Waals surface area contributed by atoms with Crippen molar-refractivity contribution in [3.8, 4) is 29.4 Å². The van der Waals surface area contributed by atoms with Crippen LogP contribution in [0.3, 0.4) is 0 Å². The van der Waals surface area contributed by atoms with Gasteiger partial charge in [-0.2, -0.15) is 0 Å². The van der Waals surface area contributed by atoms with E-state index < -0.39 is 17.9 Å². The molecule has 0 unspecified atom stereocenters. The number of hydrogen-bond donors (Lipinski definition) is 5. The molecule has 0 saturated heterocycles. The van der Waals surface area contributed by atoms with Crippen molar-refractivity contribution < 1.29 is 19.9 Å². The fourth-order valence-corrected chi connectivity index (χ4v) is 2.05. The van der Waals surface area contributed by atoms with Gasteiger partial charge in [0.1, 0.15) is 11.8 Å². The summed E-state index contributed by atoms with van der Waals surface area (Å²) < 4.78 is 0. The van der Waals surface area contributed by atoms with Crippen molar-refractivity contribution in [2.45, 2.75) is 13.5 Å². The van der Waals surface area contributed by atoms with Gasteiger partial charge in [-0.05, 0) is 54.3 Å². The average molecular weight is 379 g/mol. The third-order valence-corrected chi connectivity index (χ3v) is 3.44. The van der Waals surface area contributed by atoms with E-state index in [-0.39, 0.29) is 19.7 Å². The molecule has 7 heteroatoms. The molecule has 0 aliphatic heterocycles. The molecular formula is C21H21N3O4. The number of phenolic OH excluding ortho intramolecular Hbond substituents is 1. The van der Waals surface area contributed by atoms with Gasteiger partial charge in [-0.15, -0.1) is 0 Å². The number of phenols is 1. The zero-order valence-electron chi connectivity index (χ0n) is 14.2. The van der Waals surface area contributed by atoms with E-state index in [0.29, 0.717) is 16.7 Å². The highest BCUT2D eigenvalue weighted by atomic mass is 16.5. The van der Waals surface area contributed by atoms with Crippen molar-refractivity contribution in [3.63, 3.8) is 0 Å². The van der Waals surface area contributed by atoms with Crippen LogP contribution in [0.1, 0.15) is 28.9 Å². The molecule has 144 valence electrons. The third kappa shape index (κ3) is 6.50. The minimum Gasteiger partial charge on any atom is -0.508 e. The molecule has 6 N–H and O–H groups in total. The summed E-state index contributed by atoms with van der Waals surface area (Å²) in [5, 5.41) is 20.4. The number of nitrogens with two attached hydrogens (primary N) is 1. The fraction of sp³-hybridized carbons (Fsp3) is 0.143. The van der Waals surface area contributed by atoms with Crippen molar-refractivity contribution in [3.05, 3.63) is 65.2 Å². The van der Waals surface area contributed by atoms with Crippen LogP contribution in [0.2, 0.25) is 0 Å². The van der Waals surface area contributed by atoms with E-state index in [9.17, 15) is 14.7 Å². The summed E-state index contributed by atoms with van der Waals surface area (Å²) in [5.41, 5.74) is 8.45. The van der Waals surface area contributed by atoms with Gasteiger partial charge in [0.25, 0.3) is 11.8 Å². The van der Waals surface area contributed by atoms with Crippen molar-refractivity contribution >= 4 is 11.8 Å². The molecule has 7 nitrogen and oxygen atoms in total. The first kappa shape index (κ1) is 22.3. The van der Waals surface area contributed by atoms with E-state index in [2.05, 4.69) is 29.0 Å². The highest BCUT2D eigenvalue weighted by Gasteiger charge is 2.19. The van der Waals surface area contributed by atoms with E-state index in [1.54, 1.807) is 42.5 Å². The Morgan fingerprint density at radius 1 is 1.04 bits per heavy atom. The lowest BCUT2D eigenvalue weighted by atomic mass is 10.1. The molecule has 1 atom stereocenters. The Morgan fingerprint density at radius 2 is 1.68 bits per heavy atom. The molecule has 0 bridgehead atoms. The van der Waals surface area contributed by atoms with Crippen LogP contribution >= 0.6 is 0 Å². The standard InChI is InChI=1S/C20H17N3O4.CH4/c21-13-18(20(26)23-27)22-19(25)16-10-8-14(9-11-16)4-1-2-5-15-6-3-7-17(24)12-15;/h3,6-12,18,24,27H,13,21H2,(H,22,25)(H,23,26);1H4/t18-;/m0./s1. The molecule has 2 aromatic rings. The molecule has 0 aromatic heterocycles. The minimum atomic E-state index is -1.03. The van der Waals surface area contributed by atoms with Gasteiger partial charge in [0.05, 0.1) is 0 Å². The van der Waals surface area contributed by atoms with Crippen LogP contribution in [0.15, 0.2) is 48.5 Å². The number of rotatable bonds is 4. The van der Waals surface area contributed by atoms with Crippen molar-refractivity contribution in [2.75, 3.05) is 6.54 Å². The second-order valence-electron chi connectivity index (χ2n) is 5.37. The lowest BCUT2D eigenvalue weighted by Crippen LogP contribution is -2.50. The topological polar surface area (TPSA) is 125 Å². The molecule has 0 aliphatic rings. The lowest BCUT2D eigenvalue weighted by molar-refractivity contribution is -0.130. The monoisotopic (exact) mass is 379 g/mol. The number of carbonyl (C=O) groups is 2. The molecule has 28 heavy (non-hydrogen) atoms. The molecule has 0 radical (unpaired) electrons. The maximum atomic E-state index is 12.1. The summed E-state index contributed by atoms with van der Waals surface area (Å²) >= 11 is 0. The van der Waals surface area contributed by atoms with Crippen LogP contribution in [0.4, 0.5) is 0 Å². The van der Waals surface area contributed by atoms with Gasteiger partial charge in [0, 0.05) is 23.2 Å². The Balaban J connectivity index is 0.00000392. The van der Waals surface area contributed by atoms with Gasteiger partial charge < -0.3 is 16.2 Å². The second kappa shape index (κ2) is 11.0. The van der Waals surface area contributed by atoms with Crippen LogP contribution < -0.4 is 16.5 Å². The van der Waals surface area contributed by atoms with Gasteiger partial charge in [-0.3, -0.25) is 14.8 Å². The third-order valence-electron chi connectivity index (χ3n) is 3.44. The Hall–Kier alpha value is -3.78. The van der Waals surface area contributed by atoms with E-state index in [0.717, 1.165) is 0 Å². The SMILES string of the molecule is C.NC[C@H](NC(=O)c1ccc(C#CC#Cc2cccc(O)c2)cc1)C(=O)NO. The molecule has 0 aliphatic carbocycles. The van der Waals surface area contributed by atoms with Crippen molar-refractivity contribution in [2.24, 2.45) is 5.73 Å². The number of carbonyl (C=O) groups excluding carboxylic acids is 2. The van der Waals surface area contributed by atoms with E-state index in [4.69, 9.17) is 10.9 Å². The minimum absolute atomic E-state index is 0. The first-order valence-electron chi connectivity index (χ1n) is 7.89. The second-order valence-corrected chi connectivity index (χ2v) is 5.37. The molecule has 0 fully saturated rings. The maximum absolute atomic E-state index is 12.1. The maximum Gasteiger partial charge on any atom is 0.267 e. The van der Waals surface area contributed by atoms with Gasteiger partial charge in [0.2, 0.25) is 0 Å². The zero-order valence-corrected chi connectivity index (χ0v) is 14.2. The van der Waals surface area contributed by atoms with E-state index in [1.807, 2.05) is 0 Å². The van der Waals surface area contributed by atoms with Crippen molar-refractivity contribution in [1.82, 2.24) is 10.8 Å². The average Bonchev–Trinajstić information content (AvgIpc) is 2.69. The van der Waals surface area contributed by atoms with Crippen LogP contribution in [0, 0.1) is 23.7 Å². The van der Waals surface area contributed by atoms with Gasteiger partial charge in [-0.1, -0.05) is 25.3 Å². The first-order valence-corrected chi connectivity index (χ1v) is 7.89. The van der Waals surface area contributed by atoms with Crippen molar-refractivity contribution in [1.29, 1.82) is 0 Å². The fourth-order valence-electron chi connectivity index (χ4n) is 2.05. The smallest absolute Gasteiger partial charge is 0.267 e. The summed E-state index contributed by atoms with van der Waals surface area (Å²) in [6.07, 6.45) is 0. The van der Waals surface area contributed by atoms with Gasteiger partial charge >= 0.3 is 0 Å². The van der Waals surface area contributed by atoms with Crippen LogP contribution in [0.25, 0.3) is 0 Å². The van der Waals surface area contributed by atoms with E-state index >= 15 is 0 Å². The lowest BCUT2D eigenvalue weighted by Gasteiger charge is -2.14. The summed E-state index contributed by atoms with van der Waals surface area (Å²) in [7, 11) is 0. The predicted molar refractivity (Wildman–Crippen MR) is 105 cm³/mol. The zero-order chi connectivity index (χ0) is 19.6. The summed E-state index contributed by atoms with van der Waals surface area (Å²) in [5.74, 6) is 9.87. The van der Waals surface area contributed by atoms with Crippen LogP contribution in [-0.4, -0.2) is 34.7 Å². The molecular weight excluding hydrogens is 358 g/mol. The number of amides is 2. The highest BCUT2D eigenvalue weighted by Crippen LogP contribution is 2.09. The Labute approximate surface area is 163 Å². The molecule has 0 heterocycles. The molecule has 2 aromatic carbocycles. The summed E-state index contributed by atoms with van der Waals surface area (Å²) in [6, 6.07) is 11.9. The molecule has 2 amide bonds. The number of benzene rings is 2. The quantitative estimate of drug-likeness (QED) is 0.308.